The number of alkyl halides is 1. The second kappa shape index (κ2) is 9.30. The van der Waals surface area contributed by atoms with Gasteiger partial charge in [-0.05, 0) is 62.1 Å². The van der Waals surface area contributed by atoms with Crippen molar-refractivity contribution in [1.82, 2.24) is 9.88 Å². The number of nitrogens with one attached hydrogen (secondary N) is 1. The molecule has 6 nitrogen and oxygen atoms in total. The Morgan fingerprint density at radius 1 is 1.31 bits per heavy atom. The normalized spacial score (nSPS) is 20.4. The molecule has 32 heavy (non-hydrogen) atoms. The number of carboxylic acid groups (broad SMARTS) is 1. The minimum Gasteiger partial charge on any atom is -0.496 e. The highest BCUT2D eigenvalue weighted by Gasteiger charge is 2.37. The molecule has 0 amide bonds. The topological polar surface area (TPSA) is 74.8 Å². The minimum atomic E-state index is -1.39. The lowest BCUT2D eigenvalue weighted by Crippen LogP contribution is -2.41. The summed E-state index contributed by atoms with van der Waals surface area (Å²) in [5, 5.41) is 10.0. The van der Waals surface area contributed by atoms with Crippen molar-refractivity contribution in [1.29, 1.82) is 0 Å². The first-order chi connectivity index (χ1) is 15.4. The molecule has 170 valence electrons. The van der Waals surface area contributed by atoms with Crippen LogP contribution in [-0.4, -0.2) is 47.3 Å². The molecule has 4 rings (SSSR count). The highest BCUT2D eigenvalue weighted by Crippen LogP contribution is 2.44. The summed E-state index contributed by atoms with van der Waals surface area (Å²) in [6.45, 7) is 5.05. The van der Waals surface area contributed by atoms with Crippen molar-refractivity contribution in [2.75, 3.05) is 20.3 Å². The van der Waals surface area contributed by atoms with Gasteiger partial charge in [0.1, 0.15) is 5.75 Å². The third-order valence-corrected chi connectivity index (χ3v) is 6.33. The number of hydrogen-bond donors (Lipinski definition) is 2. The maximum atomic E-state index is 16.4. The van der Waals surface area contributed by atoms with Gasteiger partial charge in [-0.2, -0.15) is 0 Å². The van der Waals surface area contributed by atoms with E-state index in [9.17, 15) is 9.90 Å². The summed E-state index contributed by atoms with van der Waals surface area (Å²) in [7, 11) is 1.56. The van der Waals surface area contributed by atoms with Crippen molar-refractivity contribution in [3.8, 4) is 5.75 Å². The zero-order valence-electron chi connectivity index (χ0n) is 18.6. The van der Waals surface area contributed by atoms with Gasteiger partial charge in [-0.1, -0.05) is 12.1 Å². The Labute approximate surface area is 186 Å². The Balaban J connectivity index is 1.75. The van der Waals surface area contributed by atoms with E-state index in [1.807, 2.05) is 37.1 Å². The first kappa shape index (κ1) is 22.3. The van der Waals surface area contributed by atoms with E-state index in [1.165, 1.54) is 0 Å². The predicted octanol–water partition coefficient (Wildman–Crippen LogP) is 5.39. The van der Waals surface area contributed by atoms with Gasteiger partial charge in [0, 0.05) is 36.3 Å². The average molecular weight is 441 g/mol. The number of ether oxygens (including phenoxy) is 2. The number of halogens is 1. The lowest BCUT2D eigenvalue weighted by Gasteiger charge is -2.41. The predicted molar refractivity (Wildman–Crippen MR) is 121 cm³/mol. The number of methoxy groups -OCH3 is 1. The molecule has 0 spiro atoms. The first-order valence-corrected chi connectivity index (χ1v) is 10.9. The molecule has 2 heterocycles. The van der Waals surface area contributed by atoms with Crippen LogP contribution >= 0.6 is 0 Å². The van der Waals surface area contributed by atoms with Crippen LogP contribution in [-0.2, 0) is 4.74 Å². The zero-order valence-corrected chi connectivity index (χ0v) is 18.6. The highest BCUT2D eigenvalue weighted by molar-refractivity contribution is 5.88. The number of aromatic nitrogens is 1. The van der Waals surface area contributed by atoms with Crippen LogP contribution in [0.25, 0.3) is 10.9 Å². The molecule has 0 bridgehead atoms. The molecule has 0 radical (unpaired) electrons. The number of nitrogens with zero attached hydrogens (tertiary/aromatic N) is 1. The van der Waals surface area contributed by atoms with E-state index in [0.29, 0.717) is 30.9 Å². The van der Waals surface area contributed by atoms with Gasteiger partial charge < -0.3 is 19.6 Å². The third kappa shape index (κ3) is 4.10. The van der Waals surface area contributed by atoms with Crippen LogP contribution in [0.5, 0.6) is 5.75 Å². The van der Waals surface area contributed by atoms with Crippen LogP contribution < -0.4 is 4.74 Å². The second-order valence-corrected chi connectivity index (χ2v) is 8.19. The number of carbonyl (C=O) groups is 1. The average Bonchev–Trinajstić information content (AvgIpc) is 3.29. The van der Waals surface area contributed by atoms with E-state index in [1.54, 1.807) is 31.4 Å². The summed E-state index contributed by atoms with van der Waals surface area (Å²) in [5.41, 5.74) is 3.49. The molecule has 1 aromatic heterocycles. The standard InChI is InChI=1S/C25H29FN2O4/c1-4-32-18-10-12-28(20(14-18)16-5-7-17(8-6-16)25(29)30)24(26)22-19-9-11-27-23(19)15(2)13-21(22)31-3/h5-9,11,13,18,20,24,27H,4,10,12,14H2,1-3H3,(H,29,30)/t18-,20-,24?/m0/s1. The summed E-state index contributed by atoms with van der Waals surface area (Å²) in [4.78, 5) is 16.3. The van der Waals surface area contributed by atoms with Crippen LogP contribution in [0.2, 0.25) is 0 Å². The van der Waals surface area contributed by atoms with Gasteiger partial charge in [-0.15, -0.1) is 0 Å². The fourth-order valence-electron chi connectivity index (χ4n) is 4.76. The molecular weight excluding hydrogens is 411 g/mol. The number of fused-ring (bicyclic) bond motifs is 1. The molecule has 1 aliphatic heterocycles. The molecule has 1 unspecified atom stereocenters. The fraction of sp³-hybridized carbons (Fsp3) is 0.400. The number of aryl methyl sites for hydroxylation is 1. The molecule has 1 saturated heterocycles. The van der Waals surface area contributed by atoms with E-state index in [4.69, 9.17) is 9.47 Å². The summed E-state index contributed by atoms with van der Waals surface area (Å²) < 4.78 is 27.8. The summed E-state index contributed by atoms with van der Waals surface area (Å²) in [5.74, 6) is -0.458. The number of H-pyrrole nitrogens is 1. The van der Waals surface area contributed by atoms with Gasteiger partial charge in [0.2, 0.25) is 0 Å². The van der Waals surface area contributed by atoms with Crippen LogP contribution in [0.15, 0.2) is 42.6 Å². The molecule has 2 aromatic carbocycles. The molecule has 3 aromatic rings. The van der Waals surface area contributed by atoms with Crippen molar-refractivity contribution in [2.45, 2.75) is 45.1 Å². The number of piperidine rings is 1. The molecule has 7 heteroatoms. The lowest BCUT2D eigenvalue weighted by molar-refractivity contribution is -0.0533. The van der Waals surface area contributed by atoms with Gasteiger partial charge in [0.15, 0.2) is 6.30 Å². The van der Waals surface area contributed by atoms with Crippen molar-refractivity contribution in [3.63, 3.8) is 0 Å². The van der Waals surface area contributed by atoms with Gasteiger partial charge in [-0.3, -0.25) is 4.90 Å². The summed E-state index contributed by atoms with van der Waals surface area (Å²) >= 11 is 0. The molecule has 1 aliphatic rings. The van der Waals surface area contributed by atoms with Crippen LogP contribution in [0.3, 0.4) is 0 Å². The number of benzene rings is 2. The lowest BCUT2D eigenvalue weighted by atomic mass is 9.91. The number of carboxylic acids is 1. The van der Waals surface area contributed by atoms with Crippen LogP contribution in [0, 0.1) is 6.92 Å². The summed E-state index contributed by atoms with van der Waals surface area (Å²) in [6, 6.07) is 10.2. The van der Waals surface area contributed by atoms with Crippen molar-refractivity contribution < 1.29 is 23.8 Å². The van der Waals surface area contributed by atoms with Gasteiger partial charge in [0.25, 0.3) is 0 Å². The van der Waals surface area contributed by atoms with E-state index in [0.717, 1.165) is 28.5 Å². The maximum absolute atomic E-state index is 16.4. The Kier molecular flexibility index (Phi) is 6.48. The van der Waals surface area contributed by atoms with E-state index < -0.39 is 12.3 Å². The van der Waals surface area contributed by atoms with E-state index in [-0.39, 0.29) is 17.7 Å². The number of aromatic amines is 1. The van der Waals surface area contributed by atoms with Gasteiger partial charge >= 0.3 is 5.97 Å². The Morgan fingerprint density at radius 3 is 2.72 bits per heavy atom. The van der Waals surface area contributed by atoms with Crippen LogP contribution in [0.4, 0.5) is 4.39 Å². The SMILES string of the molecule is CCO[C@H]1CCN(C(F)c2c(OC)cc(C)c3[nH]ccc23)[C@H](c2ccc(C(=O)O)cc2)C1. The summed E-state index contributed by atoms with van der Waals surface area (Å²) in [6.07, 6.45) is 1.81. The third-order valence-electron chi connectivity index (χ3n) is 6.33. The van der Waals surface area contributed by atoms with Gasteiger partial charge in [-0.25, -0.2) is 9.18 Å². The largest absolute Gasteiger partial charge is 0.496 e. The quantitative estimate of drug-likeness (QED) is 0.482. The monoisotopic (exact) mass is 440 g/mol. The Hall–Kier alpha value is -2.90. The molecule has 2 N–H and O–H groups in total. The van der Waals surface area contributed by atoms with Crippen LogP contribution in [0.1, 0.15) is 59.2 Å². The molecule has 0 saturated carbocycles. The Bertz CT molecular complexity index is 1100. The fourth-order valence-corrected chi connectivity index (χ4v) is 4.76. The molecular formula is C25H29FN2O4. The highest BCUT2D eigenvalue weighted by atomic mass is 19.1. The molecule has 3 atom stereocenters. The van der Waals surface area contributed by atoms with E-state index >= 15 is 4.39 Å². The van der Waals surface area contributed by atoms with Crippen molar-refractivity contribution >= 4 is 16.9 Å². The maximum Gasteiger partial charge on any atom is 0.335 e. The van der Waals surface area contributed by atoms with Crippen molar-refractivity contribution in [3.05, 3.63) is 64.8 Å². The second-order valence-electron chi connectivity index (χ2n) is 8.19. The number of rotatable bonds is 7. The minimum absolute atomic E-state index is 0.0276. The first-order valence-electron chi connectivity index (χ1n) is 10.9. The molecule has 0 aliphatic carbocycles. The molecule has 1 fully saturated rings. The van der Waals surface area contributed by atoms with Gasteiger partial charge in [0.05, 0.1) is 24.3 Å². The van der Waals surface area contributed by atoms with E-state index in [2.05, 4.69) is 4.98 Å². The number of hydrogen-bond acceptors (Lipinski definition) is 4. The number of aromatic carboxylic acids is 1. The smallest absolute Gasteiger partial charge is 0.335 e. The number of likely N-dealkylation sites (tertiary alicyclic amines) is 1. The zero-order chi connectivity index (χ0) is 22.8. The Morgan fingerprint density at radius 2 is 2.06 bits per heavy atom. The van der Waals surface area contributed by atoms with Crippen molar-refractivity contribution in [2.24, 2.45) is 0 Å².